The standard InChI is InChI=1S/C24H23NO4/c1-3-28-20-12-14-22(15-13-20)29-21-10-8-19(9-11-21)25-24(26)16-7-18-5-4-6-23(17-18)27-2/h4-17H,3H2,1-2H3,(H,25,26)/b16-7+. The van der Waals surface area contributed by atoms with E-state index in [4.69, 9.17) is 14.2 Å². The molecule has 0 aliphatic rings. The van der Waals surface area contributed by atoms with E-state index in [-0.39, 0.29) is 5.91 Å². The molecule has 0 saturated carbocycles. The monoisotopic (exact) mass is 389 g/mol. The quantitative estimate of drug-likeness (QED) is 0.514. The van der Waals surface area contributed by atoms with Gasteiger partial charge < -0.3 is 19.5 Å². The molecule has 1 amide bonds. The van der Waals surface area contributed by atoms with Crippen LogP contribution in [0.3, 0.4) is 0 Å². The largest absolute Gasteiger partial charge is 0.497 e. The molecule has 0 radical (unpaired) electrons. The van der Waals surface area contributed by atoms with Gasteiger partial charge >= 0.3 is 0 Å². The van der Waals surface area contributed by atoms with E-state index in [0.29, 0.717) is 23.8 Å². The van der Waals surface area contributed by atoms with Crippen molar-refractivity contribution in [2.75, 3.05) is 19.0 Å². The predicted octanol–water partition coefficient (Wildman–Crippen LogP) is 5.54. The number of nitrogens with one attached hydrogen (secondary N) is 1. The lowest BCUT2D eigenvalue weighted by Gasteiger charge is -2.08. The van der Waals surface area contributed by atoms with Crippen LogP contribution in [-0.4, -0.2) is 19.6 Å². The van der Waals surface area contributed by atoms with Crippen LogP contribution in [0.1, 0.15) is 12.5 Å². The van der Waals surface area contributed by atoms with E-state index in [9.17, 15) is 4.79 Å². The molecule has 0 bridgehead atoms. The second-order valence-electron chi connectivity index (χ2n) is 6.13. The average Bonchev–Trinajstić information content (AvgIpc) is 2.75. The van der Waals surface area contributed by atoms with Gasteiger partial charge in [0.25, 0.3) is 0 Å². The van der Waals surface area contributed by atoms with Crippen LogP contribution >= 0.6 is 0 Å². The molecule has 0 heterocycles. The summed E-state index contributed by atoms with van der Waals surface area (Å²) in [7, 11) is 1.61. The fourth-order valence-corrected chi connectivity index (χ4v) is 2.61. The number of amides is 1. The molecule has 0 saturated heterocycles. The van der Waals surface area contributed by atoms with E-state index in [1.54, 1.807) is 37.5 Å². The second kappa shape index (κ2) is 9.99. The Bertz CT molecular complexity index is 963. The number of benzene rings is 3. The summed E-state index contributed by atoms with van der Waals surface area (Å²) in [5.41, 5.74) is 1.57. The third kappa shape index (κ3) is 6.14. The second-order valence-corrected chi connectivity index (χ2v) is 6.13. The summed E-state index contributed by atoms with van der Waals surface area (Å²) in [6, 6.07) is 22.1. The molecule has 3 aromatic carbocycles. The van der Waals surface area contributed by atoms with E-state index in [1.165, 1.54) is 6.08 Å². The Labute approximate surface area is 170 Å². The number of carbonyl (C=O) groups excluding carboxylic acids is 1. The van der Waals surface area contributed by atoms with Gasteiger partial charge in [-0.2, -0.15) is 0 Å². The van der Waals surface area contributed by atoms with Gasteiger partial charge in [0.2, 0.25) is 5.91 Å². The highest BCUT2D eigenvalue weighted by Gasteiger charge is 2.02. The summed E-state index contributed by atoms with van der Waals surface area (Å²) < 4.78 is 16.4. The van der Waals surface area contributed by atoms with Crippen LogP contribution in [0.25, 0.3) is 6.08 Å². The van der Waals surface area contributed by atoms with Crippen LogP contribution in [0.4, 0.5) is 5.69 Å². The van der Waals surface area contributed by atoms with Crippen LogP contribution in [0, 0.1) is 0 Å². The van der Waals surface area contributed by atoms with Crippen molar-refractivity contribution in [3.63, 3.8) is 0 Å². The summed E-state index contributed by atoms with van der Waals surface area (Å²) in [6.07, 6.45) is 3.22. The first-order valence-corrected chi connectivity index (χ1v) is 9.30. The van der Waals surface area contributed by atoms with Crippen LogP contribution in [0.2, 0.25) is 0 Å². The summed E-state index contributed by atoms with van der Waals surface area (Å²) in [5.74, 6) is 2.73. The lowest BCUT2D eigenvalue weighted by molar-refractivity contribution is -0.111. The van der Waals surface area contributed by atoms with Gasteiger partial charge in [-0.1, -0.05) is 12.1 Å². The Morgan fingerprint density at radius 1 is 0.897 bits per heavy atom. The minimum Gasteiger partial charge on any atom is -0.497 e. The van der Waals surface area contributed by atoms with Crippen LogP contribution in [0.15, 0.2) is 78.9 Å². The SMILES string of the molecule is CCOc1ccc(Oc2ccc(NC(=O)/C=C/c3cccc(OC)c3)cc2)cc1. The third-order valence-corrected chi connectivity index (χ3v) is 4.01. The van der Waals surface area contributed by atoms with Gasteiger partial charge in [0.05, 0.1) is 13.7 Å². The van der Waals surface area contributed by atoms with Crippen molar-refractivity contribution in [2.45, 2.75) is 6.92 Å². The predicted molar refractivity (Wildman–Crippen MR) is 115 cm³/mol. The summed E-state index contributed by atoms with van der Waals surface area (Å²) >= 11 is 0. The van der Waals surface area contributed by atoms with Crippen molar-refractivity contribution < 1.29 is 19.0 Å². The van der Waals surface area contributed by atoms with Crippen LogP contribution in [0.5, 0.6) is 23.0 Å². The molecule has 0 unspecified atom stereocenters. The van der Waals surface area contributed by atoms with Crippen molar-refractivity contribution in [1.82, 2.24) is 0 Å². The van der Waals surface area contributed by atoms with Gasteiger partial charge in [-0.05, 0) is 79.2 Å². The normalized spacial score (nSPS) is 10.6. The molecule has 5 heteroatoms. The van der Waals surface area contributed by atoms with Crippen molar-refractivity contribution in [2.24, 2.45) is 0 Å². The molecule has 0 spiro atoms. The summed E-state index contributed by atoms with van der Waals surface area (Å²) in [6.45, 7) is 2.57. The van der Waals surface area contributed by atoms with Gasteiger partial charge in [0, 0.05) is 11.8 Å². The molecule has 0 atom stereocenters. The minimum atomic E-state index is -0.215. The topological polar surface area (TPSA) is 56.8 Å². The van der Waals surface area contributed by atoms with E-state index < -0.39 is 0 Å². The maximum Gasteiger partial charge on any atom is 0.248 e. The number of hydrogen-bond acceptors (Lipinski definition) is 4. The molecule has 0 aliphatic carbocycles. The highest BCUT2D eigenvalue weighted by molar-refractivity contribution is 6.01. The maximum atomic E-state index is 12.1. The molecule has 1 N–H and O–H groups in total. The summed E-state index contributed by atoms with van der Waals surface area (Å²) in [5, 5.41) is 2.82. The van der Waals surface area contributed by atoms with Crippen molar-refractivity contribution in [3.05, 3.63) is 84.4 Å². The van der Waals surface area contributed by atoms with Crippen LogP contribution in [-0.2, 0) is 4.79 Å². The lowest BCUT2D eigenvalue weighted by Crippen LogP contribution is -2.07. The first kappa shape index (κ1) is 20.0. The Hall–Kier alpha value is -3.73. The zero-order valence-corrected chi connectivity index (χ0v) is 16.4. The zero-order chi connectivity index (χ0) is 20.5. The Morgan fingerprint density at radius 2 is 1.55 bits per heavy atom. The van der Waals surface area contributed by atoms with Crippen molar-refractivity contribution >= 4 is 17.7 Å². The highest BCUT2D eigenvalue weighted by atomic mass is 16.5. The van der Waals surface area contributed by atoms with E-state index in [1.807, 2.05) is 55.5 Å². The van der Waals surface area contributed by atoms with Crippen molar-refractivity contribution in [3.8, 4) is 23.0 Å². The number of anilines is 1. The number of hydrogen-bond donors (Lipinski definition) is 1. The molecule has 0 aromatic heterocycles. The lowest BCUT2D eigenvalue weighted by atomic mass is 10.2. The van der Waals surface area contributed by atoms with Gasteiger partial charge in [0.1, 0.15) is 23.0 Å². The molecule has 148 valence electrons. The number of methoxy groups -OCH3 is 1. The summed E-state index contributed by atoms with van der Waals surface area (Å²) in [4.78, 5) is 12.1. The molecular weight excluding hydrogens is 366 g/mol. The van der Waals surface area contributed by atoms with Crippen LogP contribution < -0.4 is 19.5 Å². The molecule has 0 aliphatic heterocycles. The average molecular weight is 389 g/mol. The first-order valence-electron chi connectivity index (χ1n) is 9.30. The number of carbonyl (C=O) groups is 1. The van der Waals surface area contributed by atoms with Gasteiger partial charge in [-0.25, -0.2) is 0 Å². The van der Waals surface area contributed by atoms with E-state index in [0.717, 1.165) is 17.1 Å². The smallest absolute Gasteiger partial charge is 0.248 e. The molecule has 29 heavy (non-hydrogen) atoms. The third-order valence-electron chi connectivity index (χ3n) is 4.01. The number of ether oxygens (including phenoxy) is 3. The fraction of sp³-hybridized carbons (Fsp3) is 0.125. The molecule has 3 rings (SSSR count). The molecule has 3 aromatic rings. The van der Waals surface area contributed by atoms with E-state index in [2.05, 4.69) is 5.32 Å². The Kier molecular flexibility index (Phi) is 6.90. The highest BCUT2D eigenvalue weighted by Crippen LogP contribution is 2.25. The maximum absolute atomic E-state index is 12.1. The minimum absolute atomic E-state index is 0.215. The van der Waals surface area contributed by atoms with Gasteiger partial charge in [-0.3, -0.25) is 4.79 Å². The molecule has 0 fully saturated rings. The zero-order valence-electron chi connectivity index (χ0n) is 16.4. The van der Waals surface area contributed by atoms with Gasteiger partial charge in [0.15, 0.2) is 0 Å². The van der Waals surface area contributed by atoms with Gasteiger partial charge in [-0.15, -0.1) is 0 Å². The molecule has 5 nitrogen and oxygen atoms in total. The number of rotatable bonds is 8. The fourth-order valence-electron chi connectivity index (χ4n) is 2.61. The first-order chi connectivity index (χ1) is 14.2. The Balaban J connectivity index is 1.55. The molecular formula is C24H23NO4. The van der Waals surface area contributed by atoms with Crippen molar-refractivity contribution in [1.29, 1.82) is 0 Å². The van der Waals surface area contributed by atoms with E-state index >= 15 is 0 Å². The Morgan fingerprint density at radius 3 is 2.21 bits per heavy atom.